The fraction of sp³-hybridized carbons (Fsp3) is 0.421. The maximum atomic E-state index is 7.80. The molecular formula is C19H27NSi. The number of hydrogen-bond acceptors (Lipinski definition) is 1. The number of aromatic nitrogens is 1. The molecule has 0 aliphatic heterocycles. The molecule has 0 bridgehead atoms. The monoisotopic (exact) mass is 300 g/mol. The summed E-state index contributed by atoms with van der Waals surface area (Å²) >= 11 is 0. The van der Waals surface area contributed by atoms with Crippen molar-refractivity contribution in [1.29, 1.82) is 0 Å². The molecule has 1 aromatic heterocycles. The zero-order valence-electron chi connectivity index (χ0n) is 16.9. The van der Waals surface area contributed by atoms with E-state index in [-0.39, 0.29) is 5.41 Å². The molecule has 0 aliphatic carbocycles. The third-order valence-electron chi connectivity index (χ3n) is 3.74. The minimum atomic E-state index is -2.12. The Labute approximate surface area is 134 Å². The summed E-state index contributed by atoms with van der Waals surface area (Å²) in [5.74, 6) is 0. The van der Waals surface area contributed by atoms with Gasteiger partial charge in [-0.1, -0.05) is 63.8 Å². The van der Waals surface area contributed by atoms with Crippen LogP contribution >= 0.6 is 0 Å². The molecule has 2 rings (SSSR count). The van der Waals surface area contributed by atoms with E-state index in [9.17, 15) is 0 Å². The van der Waals surface area contributed by atoms with Crippen LogP contribution < -0.4 is 5.19 Å². The van der Waals surface area contributed by atoms with Crippen molar-refractivity contribution in [2.75, 3.05) is 0 Å². The normalized spacial score (nSPS) is 15.2. The van der Waals surface area contributed by atoms with Gasteiger partial charge in [0.05, 0.1) is 13.8 Å². The molecule has 0 atom stereocenters. The van der Waals surface area contributed by atoms with Crippen molar-refractivity contribution >= 4 is 13.3 Å². The predicted octanol–water partition coefficient (Wildman–Crippen LogP) is 4.90. The molecule has 0 aliphatic rings. The van der Waals surface area contributed by atoms with Gasteiger partial charge < -0.3 is 0 Å². The molecule has 0 N–H and O–H groups in total. The summed E-state index contributed by atoms with van der Waals surface area (Å²) < 4.78 is 23.4. The standard InChI is InChI=1S/C19H27NSi/c1-14-13-20-17(12-18(14)21(5,6)7)15-9-8-10-16(11-15)19(2,3)4/h8-13H,1-7H3/i1D3. The first-order chi connectivity index (χ1) is 10.8. The second kappa shape index (κ2) is 5.41. The summed E-state index contributed by atoms with van der Waals surface area (Å²) in [6.45, 7) is 11.0. The summed E-state index contributed by atoms with van der Waals surface area (Å²) in [5.41, 5.74) is 3.61. The summed E-state index contributed by atoms with van der Waals surface area (Å²) in [4.78, 5) is 4.47. The lowest BCUT2D eigenvalue weighted by molar-refractivity contribution is 0.590. The number of hydrogen-bond donors (Lipinski definition) is 0. The number of benzene rings is 1. The van der Waals surface area contributed by atoms with E-state index in [0.29, 0.717) is 5.56 Å². The van der Waals surface area contributed by atoms with E-state index in [1.165, 1.54) is 5.56 Å². The molecule has 0 spiro atoms. The SMILES string of the molecule is [2H]C([2H])([2H])c1cnc(-c2cccc(C(C)(C)C)c2)cc1[Si](C)(C)C. The van der Waals surface area contributed by atoms with Crippen LogP contribution in [0.15, 0.2) is 36.5 Å². The van der Waals surface area contributed by atoms with E-state index in [1.54, 1.807) is 6.20 Å². The van der Waals surface area contributed by atoms with Crippen LogP contribution in [0, 0.1) is 6.85 Å². The lowest BCUT2D eigenvalue weighted by Gasteiger charge is -2.21. The molecule has 2 heteroatoms. The highest BCUT2D eigenvalue weighted by Gasteiger charge is 2.20. The highest BCUT2D eigenvalue weighted by molar-refractivity contribution is 6.89. The van der Waals surface area contributed by atoms with Crippen LogP contribution in [0.3, 0.4) is 0 Å². The van der Waals surface area contributed by atoms with E-state index in [2.05, 4.69) is 57.5 Å². The van der Waals surface area contributed by atoms with Crippen LogP contribution in [-0.2, 0) is 5.41 Å². The molecular weight excluding hydrogens is 270 g/mol. The van der Waals surface area contributed by atoms with Crippen molar-refractivity contribution in [3.63, 3.8) is 0 Å². The summed E-state index contributed by atoms with van der Waals surface area (Å²) in [6.07, 6.45) is 1.56. The van der Waals surface area contributed by atoms with Crippen LogP contribution in [-0.4, -0.2) is 13.1 Å². The van der Waals surface area contributed by atoms with Crippen molar-refractivity contribution in [3.05, 3.63) is 47.7 Å². The van der Waals surface area contributed by atoms with Gasteiger partial charge in [0.25, 0.3) is 0 Å². The van der Waals surface area contributed by atoms with E-state index in [0.717, 1.165) is 16.4 Å². The first kappa shape index (κ1) is 12.2. The first-order valence-corrected chi connectivity index (χ1v) is 10.9. The van der Waals surface area contributed by atoms with E-state index in [4.69, 9.17) is 4.11 Å². The summed E-state index contributed by atoms with van der Waals surface area (Å²) in [7, 11) is -1.80. The highest BCUT2D eigenvalue weighted by atomic mass is 28.3. The van der Waals surface area contributed by atoms with Crippen LogP contribution in [0.1, 0.15) is 36.0 Å². The van der Waals surface area contributed by atoms with Gasteiger partial charge in [-0.2, -0.15) is 0 Å². The smallest absolute Gasteiger partial charge is 0.0781 e. The van der Waals surface area contributed by atoms with E-state index in [1.807, 2.05) is 18.2 Å². The lowest BCUT2D eigenvalue weighted by atomic mass is 9.86. The Morgan fingerprint density at radius 2 is 1.81 bits per heavy atom. The highest BCUT2D eigenvalue weighted by Crippen LogP contribution is 2.26. The molecule has 1 aromatic carbocycles. The van der Waals surface area contributed by atoms with Gasteiger partial charge in [-0.3, -0.25) is 4.98 Å². The predicted molar refractivity (Wildman–Crippen MR) is 96.1 cm³/mol. The molecule has 0 unspecified atom stereocenters. The van der Waals surface area contributed by atoms with Crippen molar-refractivity contribution in [2.24, 2.45) is 0 Å². The zero-order valence-corrected chi connectivity index (χ0v) is 14.9. The molecule has 21 heavy (non-hydrogen) atoms. The summed E-state index contributed by atoms with van der Waals surface area (Å²) in [6, 6.07) is 10.4. The molecule has 0 radical (unpaired) electrons. The number of rotatable bonds is 2. The van der Waals surface area contributed by atoms with E-state index < -0.39 is 14.9 Å². The Morgan fingerprint density at radius 3 is 2.38 bits per heavy atom. The van der Waals surface area contributed by atoms with E-state index >= 15 is 0 Å². The first-order valence-electron chi connectivity index (χ1n) is 8.92. The van der Waals surface area contributed by atoms with Gasteiger partial charge in [0.15, 0.2) is 0 Å². The third kappa shape index (κ3) is 3.62. The summed E-state index contributed by atoms with van der Waals surface area (Å²) in [5, 5.41) is 0.966. The molecule has 112 valence electrons. The van der Waals surface area contributed by atoms with Gasteiger partial charge in [0.2, 0.25) is 0 Å². The fourth-order valence-corrected chi connectivity index (χ4v) is 3.82. The average Bonchev–Trinajstić information content (AvgIpc) is 2.44. The van der Waals surface area contributed by atoms with Crippen molar-refractivity contribution < 1.29 is 4.11 Å². The largest absolute Gasteiger partial charge is 0.256 e. The second-order valence-corrected chi connectivity index (χ2v) is 12.7. The molecule has 1 nitrogen and oxygen atoms in total. The van der Waals surface area contributed by atoms with Gasteiger partial charge in [-0.05, 0) is 35.5 Å². The number of nitrogens with zero attached hydrogens (tertiary/aromatic N) is 1. The van der Waals surface area contributed by atoms with Crippen LogP contribution in [0.4, 0.5) is 0 Å². The quantitative estimate of drug-likeness (QED) is 0.719. The minimum absolute atomic E-state index is 0.0657. The number of aryl methyl sites for hydroxylation is 1. The van der Waals surface area contributed by atoms with Crippen LogP contribution in [0.5, 0.6) is 0 Å². The molecule has 0 saturated carbocycles. The van der Waals surface area contributed by atoms with Crippen LogP contribution in [0.2, 0.25) is 19.6 Å². The lowest BCUT2D eigenvalue weighted by Crippen LogP contribution is -2.39. The zero-order chi connectivity index (χ0) is 18.3. The van der Waals surface area contributed by atoms with Crippen LogP contribution in [0.25, 0.3) is 11.3 Å². The topological polar surface area (TPSA) is 12.9 Å². The van der Waals surface area contributed by atoms with Crippen molar-refractivity contribution in [3.8, 4) is 11.3 Å². The number of pyridine rings is 1. The Balaban J connectivity index is 2.62. The third-order valence-corrected chi connectivity index (χ3v) is 5.77. The molecule has 0 amide bonds. The Morgan fingerprint density at radius 1 is 1.10 bits per heavy atom. The van der Waals surface area contributed by atoms with Gasteiger partial charge in [0, 0.05) is 15.9 Å². The molecule has 2 aromatic rings. The van der Waals surface area contributed by atoms with Gasteiger partial charge >= 0.3 is 0 Å². The van der Waals surface area contributed by atoms with Crippen molar-refractivity contribution in [2.45, 2.75) is 52.7 Å². The Kier molecular flexibility index (Phi) is 3.14. The fourth-order valence-electron chi connectivity index (χ4n) is 2.38. The van der Waals surface area contributed by atoms with Gasteiger partial charge in [-0.15, -0.1) is 0 Å². The Bertz CT molecular complexity index is 737. The Hall–Kier alpha value is -1.41. The van der Waals surface area contributed by atoms with Crippen molar-refractivity contribution in [1.82, 2.24) is 4.98 Å². The molecule has 1 heterocycles. The van der Waals surface area contributed by atoms with Gasteiger partial charge in [-0.25, -0.2) is 0 Å². The second-order valence-electron chi connectivity index (χ2n) is 7.70. The maximum absolute atomic E-state index is 7.80. The van der Waals surface area contributed by atoms with Gasteiger partial charge in [0.1, 0.15) is 0 Å². The minimum Gasteiger partial charge on any atom is -0.256 e. The average molecular weight is 301 g/mol. The maximum Gasteiger partial charge on any atom is 0.0781 e. The molecule has 0 saturated heterocycles. The molecule has 0 fully saturated rings.